The van der Waals surface area contributed by atoms with Crippen molar-refractivity contribution in [2.75, 3.05) is 0 Å². The standard InChI is InChI=1S/C19H12F4N3O2.Pt/c1-19(2,15-8-10(21)6-13(25-15)18(27)28)14-7-9(20)5-12(24-14)11-3-4-16(22)26-17(11)23;/h4-8H,1-2H3,(H,27,28);/q-1;. The van der Waals surface area contributed by atoms with E-state index in [9.17, 15) is 22.4 Å². The molecule has 0 radical (unpaired) electrons. The molecule has 0 aliphatic carbocycles. The van der Waals surface area contributed by atoms with E-state index in [0.717, 1.165) is 30.3 Å². The zero-order valence-electron chi connectivity index (χ0n) is 14.9. The third-order valence-electron chi connectivity index (χ3n) is 4.08. The Hall–Kier alpha value is -2.67. The summed E-state index contributed by atoms with van der Waals surface area (Å²) in [4.78, 5) is 22.2. The molecule has 154 valence electrons. The summed E-state index contributed by atoms with van der Waals surface area (Å²) in [6, 6.07) is 6.79. The number of pyridine rings is 3. The Balaban J connectivity index is 0.00000300. The summed E-state index contributed by atoms with van der Waals surface area (Å²) >= 11 is 0. The van der Waals surface area contributed by atoms with Crippen LogP contribution in [0.15, 0.2) is 30.3 Å². The van der Waals surface area contributed by atoms with Gasteiger partial charge in [0.05, 0.1) is 5.69 Å². The summed E-state index contributed by atoms with van der Waals surface area (Å²) in [7, 11) is 0. The van der Waals surface area contributed by atoms with Gasteiger partial charge < -0.3 is 5.11 Å². The Kier molecular flexibility index (Phi) is 6.52. The van der Waals surface area contributed by atoms with Gasteiger partial charge in [-0.05, 0) is 37.7 Å². The van der Waals surface area contributed by atoms with Crippen molar-refractivity contribution in [1.82, 2.24) is 15.0 Å². The van der Waals surface area contributed by atoms with E-state index in [1.807, 2.05) is 0 Å². The summed E-state index contributed by atoms with van der Waals surface area (Å²) in [5, 5.41) is 9.07. The molecule has 0 aliphatic heterocycles. The molecule has 29 heavy (non-hydrogen) atoms. The zero-order chi connectivity index (χ0) is 20.6. The van der Waals surface area contributed by atoms with Crippen LogP contribution >= 0.6 is 0 Å². The first-order valence-corrected chi connectivity index (χ1v) is 7.91. The molecule has 0 amide bonds. The van der Waals surface area contributed by atoms with Crippen molar-refractivity contribution < 1.29 is 48.5 Å². The molecule has 0 unspecified atom stereocenters. The topological polar surface area (TPSA) is 76.0 Å². The molecule has 5 nitrogen and oxygen atoms in total. The predicted octanol–water partition coefficient (Wildman–Crippen LogP) is 3.92. The van der Waals surface area contributed by atoms with Crippen LogP contribution in [0.25, 0.3) is 11.3 Å². The van der Waals surface area contributed by atoms with Crippen molar-refractivity contribution in [3.63, 3.8) is 0 Å². The number of aromatic nitrogens is 3. The Morgan fingerprint density at radius 2 is 1.55 bits per heavy atom. The molecule has 0 fully saturated rings. The molecule has 0 saturated carbocycles. The van der Waals surface area contributed by atoms with Crippen LogP contribution in [0.3, 0.4) is 0 Å². The second-order valence-corrected chi connectivity index (χ2v) is 6.43. The number of halogens is 4. The van der Waals surface area contributed by atoms with E-state index in [1.54, 1.807) is 0 Å². The fraction of sp³-hybridized carbons (Fsp3) is 0.158. The molecule has 0 bridgehead atoms. The van der Waals surface area contributed by atoms with Gasteiger partial charge in [0.25, 0.3) is 0 Å². The van der Waals surface area contributed by atoms with Crippen LogP contribution < -0.4 is 0 Å². The summed E-state index contributed by atoms with van der Waals surface area (Å²) in [6.07, 6.45) is 0. The number of aromatic carboxylic acids is 1. The Morgan fingerprint density at radius 1 is 0.966 bits per heavy atom. The molecule has 0 aromatic carbocycles. The van der Waals surface area contributed by atoms with Gasteiger partial charge in [-0.3, -0.25) is 9.97 Å². The third kappa shape index (κ3) is 4.67. The molecule has 3 aromatic rings. The van der Waals surface area contributed by atoms with Gasteiger partial charge in [-0.15, -0.1) is 6.07 Å². The summed E-state index contributed by atoms with van der Waals surface area (Å²) in [5.74, 6) is -5.38. The van der Waals surface area contributed by atoms with Crippen molar-refractivity contribution in [2.45, 2.75) is 19.3 Å². The zero-order valence-corrected chi connectivity index (χ0v) is 17.2. The first kappa shape index (κ1) is 22.6. The van der Waals surface area contributed by atoms with Gasteiger partial charge in [-0.2, -0.15) is 0 Å². The van der Waals surface area contributed by atoms with Crippen molar-refractivity contribution in [1.29, 1.82) is 0 Å². The van der Waals surface area contributed by atoms with Gasteiger partial charge >= 0.3 is 5.97 Å². The minimum atomic E-state index is -1.43. The number of carboxylic acid groups (broad SMARTS) is 1. The summed E-state index contributed by atoms with van der Waals surface area (Å²) < 4.78 is 55.0. The number of carbonyl (C=O) groups is 1. The fourth-order valence-corrected chi connectivity index (χ4v) is 2.56. The number of carboxylic acids is 1. The molecular formula is C19H12F4N3O2Pt-. The Labute approximate surface area is 177 Å². The second kappa shape index (κ2) is 8.37. The van der Waals surface area contributed by atoms with E-state index in [4.69, 9.17) is 5.11 Å². The van der Waals surface area contributed by atoms with Crippen molar-refractivity contribution in [3.8, 4) is 11.3 Å². The molecule has 10 heteroatoms. The van der Waals surface area contributed by atoms with Crippen molar-refractivity contribution >= 4 is 5.97 Å². The maximum absolute atomic E-state index is 14.2. The van der Waals surface area contributed by atoms with E-state index in [0.29, 0.717) is 0 Å². The average Bonchev–Trinajstić information content (AvgIpc) is 2.60. The molecule has 1 N–H and O–H groups in total. The van der Waals surface area contributed by atoms with E-state index in [1.165, 1.54) is 13.8 Å². The predicted molar refractivity (Wildman–Crippen MR) is 89.5 cm³/mol. The van der Waals surface area contributed by atoms with E-state index >= 15 is 0 Å². The SMILES string of the molecule is CC(C)(c1cc(F)cc(C(=O)O)n1)c1cc(F)cc(-c2[c-]cc(F)nc2F)n1.[Pt]. The van der Waals surface area contributed by atoms with Crippen molar-refractivity contribution in [3.05, 3.63) is 77.0 Å². The molecule has 3 heterocycles. The van der Waals surface area contributed by atoms with Crippen LogP contribution in [0.2, 0.25) is 0 Å². The molecule has 0 atom stereocenters. The molecule has 0 saturated heterocycles. The number of nitrogens with zero attached hydrogens (tertiary/aromatic N) is 3. The van der Waals surface area contributed by atoms with E-state index < -0.39 is 40.6 Å². The van der Waals surface area contributed by atoms with Gasteiger partial charge in [0.15, 0.2) is 5.69 Å². The molecule has 3 aromatic heterocycles. The summed E-state index contributed by atoms with van der Waals surface area (Å²) in [6.45, 7) is 3.05. The maximum atomic E-state index is 14.2. The van der Waals surface area contributed by atoms with Crippen LogP contribution in [-0.4, -0.2) is 26.0 Å². The Bertz CT molecular complexity index is 1090. The minimum Gasteiger partial charge on any atom is -0.477 e. The normalized spacial score (nSPS) is 11.1. The molecular weight excluding hydrogens is 573 g/mol. The van der Waals surface area contributed by atoms with Gasteiger partial charge in [-0.1, -0.05) is 11.6 Å². The molecule has 3 rings (SSSR count). The number of hydrogen-bond donors (Lipinski definition) is 1. The number of rotatable bonds is 4. The quantitative estimate of drug-likeness (QED) is 0.286. The first-order chi connectivity index (χ1) is 13.1. The van der Waals surface area contributed by atoms with Crippen molar-refractivity contribution in [2.24, 2.45) is 0 Å². The van der Waals surface area contributed by atoms with Gasteiger partial charge in [0.2, 0.25) is 0 Å². The van der Waals surface area contributed by atoms with Crippen LogP contribution in [-0.2, 0) is 26.5 Å². The van der Waals surface area contributed by atoms with Crippen LogP contribution in [0, 0.1) is 29.6 Å². The molecule has 0 aliphatic rings. The smallest absolute Gasteiger partial charge is 0.354 e. The van der Waals surface area contributed by atoms with Gasteiger partial charge in [0.1, 0.15) is 23.5 Å². The van der Waals surface area contributed by atoms with Gasteiger partial charge in [0, 0.05) is 38.2 Å². The second-order valence-electron chi connectivity index (χ2n) is 6.43. The van der Waals surface area contributed by atoms with Crippen LogP contribution in [0.4, 0.5) is 17.6 Å². The average molecular weight is 585 g/mol. The fourth-order valence-electron chi connectivity index (χ4n) is 2.56. The van der Waals surface area contributed by atoms with Gasteiger partial charge in [-0.25, -0.2) is 27.3 Å². The third-order valence-corrected chi connectivity index (χ3v) is 4.08. The summed E-state index contributed by atoms with van der Waals surface area (Å²) in [5.41, 5.74) is -2.32. The minimum absolute atomic E-state index is 0. The van der Waals surface area contributed by atoms with Crippen LogP contribution in [0.5, 0.6) is 0 Å². The van der Waals surface area contributed by atoms with E-state index in [-0.39, 0.29) is 43.7 Å². The largest absolute Gasteiger partial charge is 0.477 e. The maximum Gasteiger partial charge on any atom is 0.354 e. The number of hydrogen-bond acceptors (Lipinski definition) is 4. The first-order valence-electron chi connectivity index (χ1n) is 7.91. The van der Waals surface area contributed by atoms with E-state index in [2.05, 4.69) is 21.0 Å². The monoisotopic (exact) mass is 585 g/mol. The van der Waals surface area contributed by atoms with Crippen LogP contribution in [0.1, 0.15) is 35.7 Å². The molecule has 0 spiro atoms. The Morgan fingerprint density at radius 3 is 2.14 bits per heavy atom.